The van der Waals surface area contributed by atoms with Crippen molar-refractivity contribution in [2.24, 2.45) is 0 Å². The van der Waals surface area contributed by atoms with Crippen LogP contribution in [-0.4, -0.2) is 35.1 Å². The molecule has 1 aromatic carbocycles. The van der Waals surface area contributed by atoms with Crippen molar-refractivity contribution in [3.8, 4) is 0 Å². The number of aliphatic hydroxyl groups is 1. The molecule has 0 atom stereocenters. The first-order chi connectivity index (χ1) is 7.33. The van der Waals surface area contributed by atoms with Crippen LogP contribution in [0.25, 0.3) is 0 Å². The van der Waals surface area contributed by atoms with Gasteiger partial charge in [-0.2, -0.15) is 0 Å². The first-order valence-electron chi connectivity index (χ1n) is 5.30. The van der Waals surface area contributed by atoms with E-state index in [1.807, 2.05) is 30.3 Å². The van der Waals surface area contributed by atoms with E-state index in [0.717, 1.165) is 12.8 Å². The van der Waals surface area contributed by atoms with Crippen molar-refractivity contribution in [2.75, 3.05) is 13.2 Å². The number of carbonyl (C=O) groups is 1. The summed E-state index contributed by atoms with van der Waals surface area (Å²) in [5.74, 6) is 0.0344. The zero-order valence-corrected chi connectivity index (χ0v) is 8.60. The standard InChI is InChI=1S/C12H15NO2/c14-9-8-13(11-6-7-11)12(15)10-4-2-1-3-5-10/h1-5,11,14H,6-9H2. The molecule has 1 amide bonds. The molecule has 0 radical (unpaired) electrons. The van der Waals surface area contributed by atoms with Crippen molar-refractivity contribution in [3.63, 3.8) is 0 Å². The maximum Gasteiger partial charge on any atom is 0.254 e. The van der Waals surface area contributed by atoms with E-state index in [9.17, 15) is 4.79 Å². The van der Waals surface area contributed by atoms with Crippen molar-refractivity contribution in [1.29, 1.82) is 0 Å². The quantitative estimate of drug-likeness (QED) is 0.804. The van der Waals surface area contributed by atoms with Crippen LogP contribution in [0.15, 0.2) is 30.3 Å². The van der Waals surface area contributed by atoms with Gasteiger partial charge in [0.05, 0.1) is 6.61 Å². The van der Waals surface area contributed by atoms with Crippen LogP contribution in [0.2, 0.25) is 0 Å². The lowest BCUT2D eigenvalue weighted by atomic mass is 10.2. The summed E-state index contributed by atoms with van der Waals surface area (Å²) in [5.41, 5.74) is 0.706. The summed E-state index contributed by atoms with van der Waals surface area (Å²) >= 11 is 0. The minimum atomic E-state index is 0.0344. The normalized spacial score (nSPS) is 15.0. The molecular weight excluding hydrogens is 190 g/mol. The highest BCUT2D eigenvalue weighted by Crippen LogP contribution is 2.27. The molecular formula is C12H15NO2. The van der Waals surface area contributed by atoms with Gasteiger partial charge in [0.25, 0.3) is 5.91 Å². The van der Waals surface area contributed by atoms with Gasteiger partial charge in [-0.05, 0) is 25.0 Å². The van der Waals surface area contributed by atoms with E-state index in [-0.39, 0.29) is 12.5 Å². The Balaban J connectivity index is 2.10. The number of benzene rings is 1. The number of rotatable bonds is 4. The number of amides is 1. The summed E-state index contributed by atoms with van der Waals surface area (Å²) in [7, 11) is 0. The molecule has 0 saturated heterocycles. The van der Waals surface area contributed by atoms with Crippen LogP contribution in [0.5, 0.6) is 0 Å². The van der Waals surface area contributed by atoms with E-state index in [1.165, 1.54) is 0 Å². The van der Waals surface area contributed by atoms with Crippen LogP contribution in [0.3, 0.4) is 0 Å². The molecule has 1 saturated carbocycles. The molecule has 0 bridgehead atoms. The van der Waals surface area contributed by atoms with Crippen LogP contribution in [-0.2, 0) is 0 Å². The second-order valence-electron chi connectivity index (χ2n) is 3.82. The summed E-state index contributed by atoms with van der Waals surface area (Å²) in [6.07, 6.45) is 2.14. The molecule has 2 rings (SSSR count). The highest BCUT2D eigenvalue weighted by Gasteiger charge is 2.32. The van der Waals surface area contributed by atoms with Gasteiger partial charge in [-0.25, -0.2) is 0 Å². The van der Waals surface area contributed by atoms with E-state index in [0.29, 0.717) is 18.2 Å². The molecule has 0 unspecified atom stereocenters. The first kappa shape index (κ1) is 10.2. The third-order valence-corrected chi connectivity index (χ3v) is 2.61. The molecule has 1 N–H and O–H groups in total. The van der Waals surface area contributed by atoms with E-state index in [1.54, 1.807) is 4.90 Å². The van der Waals surface area contributed by atoms with Gasteiger partial charge in [0, 0.05) is 18.2 Å². The van der Waals surface area contributed by atoms with E-state index >= 15 is 0 Å². The zero-order chi connectivity index (χ0) is 10.7. The lowest BCUT2D eigenvalue weighted by Gasteiger charge is -2.21. The minimum absolute atomic E-state index is 0.0344. The average Bonchev–Trinajstić information content (AvgIpc) is 3.10. The monoisotopic (exact) mass is 205 g/mol. The molecule has 80 valence electrons. The van der Waals surface area contributed by atoms with Crippen LogP contribution >= 0.6 is 0 Å². The van der Waals surface area contributed by atoms with Crippen LogP contribution in [0.1, 0.15) is 23.2 Å². The number of carbonyl (C=O) groups excluding carboxylic acids is 1. The van der Waals surface area contributed by atoms with Gasteiger partial charge in [-0.1, -0.05) is 18.2 Å². The molecule has 15 heavy (non-hydrogen) atoms. The van der Waals surface area contributed by atoms with Crippen LogP contribution < -0.4 is 0 Å². The third-order valence-electron chi connectivity index (χ3n) is 2.61. The van der Waals surface area contributed by atoms with Gasteiger partial charge in [0.15, 0.2) is 0 Å². The van der Waals surface area contributed by atoms with Crippen LogP contribution in [0, 0.1) is 0 Å². The van der Waals surface area contributed by atoms with Crippen LogP contribution in [0.4, 0.5) is 0 Å². The molecule has 1 aromatic rings. The summed E-state index contributed by atoms with van der Waals surface area (Å²) in [5, 5.41) is 8.92. The summed E-state index contributed by atoms with van der Waals surface area (Å²) in [6.45, 7) is 0.480. The van der Waals surface area contributed by atoms with Gasteiger partial charge in [0.2, 0.25) is 0 Å². The second-order valence-corrected chi connectivity index (χ2v) is 3.82. The largest absolute Gasteiger partial charge is 0.395 e. The predicted molar refractivity (Wildman–Crippen MR) is 57.6 cm³/mol. The van der Waals surface area contributed by atoms with Gasteiger partial charge >= 0.3 is 0 Å². The highest BCUT2D eigenvalue weighted by atomic mass is 16.3. The van der Waals surface area contributed by atoms with E-state index in [4.69, 9.17) is 5.11 Å². The zero-order valence-electron chi connectivity index (χ0n) is 8.60. The number of hydrogen-bond acceptors (Lipinski definition) is 2. The maximum absolute atomic E-state index is 12.0. The average molecular weight is 205 g/mol. The highest BCUT2D eigenvalue weighted by molar-refractivity contribution is 5.94. The molecule has 0 spiro atoms. The minimum Gasteiger partial charge on any atom is -0.395 e. The summed E-state index contributed by atoms with van der Waals surface area (Å²) in [6, 6.07) is 9.59. The number of hydrogen-bond donors (Lipinski definition) is 1. The molecule has 1 aliphatic rings. The van der Waals surface area contributed by atoms with E-state index in [2.05, 4.69) is 0 Å². The Bertz CT molecular complexity index is 333. The first-order valence-corrected chi connectivity index (χ1v) is 5.30. The van der Waals surface area contributed by atoms with Gasteiger partial charge in [0.1, 0.15) is 0 Å². The SMILES string of the molecule is O=C(c1ccccc1)N(CCO)C1CC1. The van der Waals surface area contributed by atoms with Gasteiger partial charge in [-0.15, -0.1) is 0 Å². The number of nitrogens with zero attached hydrogens (tertiary/aromatic N) is 1. The fourth-order valence-corrected chi connectivity index (χ4v) is 1.69. The van der Waals surface area contributed by atoms with Crippen molar-refractivity contribution in [1.82, 2.24) is 4.90 Å². The smallest absolute Gasteiger partial charge is 0.254 e. The van der Waals surface area contributed by atoms with Crippen molar-refractivity contribution in [2.45, 2.75) is 18.9 Å². The Morgan fingerprint density at radius 3 is 2.53 bits per heavy atom. The van der Waals surface area contributed by atoms with Crippen molar-refractivity contribution >= 4 is 5.91 Å². The second kappa shape index (κ2) is 4.45. The Morgan fingerprint density at radius 1 is 1.33 bits per heavy atom. The fraction of sp³-hybridized carbons (Fsp3) is 0.417. The number of aliphatic hydroxyl groups excluding tert-OH is 1. The molecule has 3 heteroatoms. The Kier molecular flexibility index (Phi) is 3.02. The summed E-state index contributed by atoms with van der Waals surface area (Å²) in [4.78, 5) is 13.8. The molecule has 1 fully saturated rings. The van der Waals surface area contributed by atoms with Gasteiger partial charge < -0.3 is 10.0 Å². The lowest BCUT2D eigenvalue weighted by Crippen LogP contribution is -2.35. The summed E-state index contributed by atoms with van der Waals surface area (Å²) < 4.78 is 0. The van der Waals surface area contributed by atoms with E-state index < -0.39 is 0 Å². The fourth-order valence-electron chi connectivity index (χ4n) is 1.69. The molecule has 0 heterocycles. The molecule has 3 nitrogen and oxygen atoms in total. The maximum atomic E-state index is 12.0. The Labute approximate surface area is 89.3 Å². The topological polar surface area (TPSA) is 40.5 Å². The lowest BCUT2D eigenvalue weighted by molar-refractivity contribution is 0.0707. The van der Waals surface area contributed by atoms with Gasteiger partial charge in [-0.3, -0.25) is 4.79 Å². The molecule has 1 aliphatic carbocycles. The Morgan fingerprint density at radius 2 is 2.00 bits per heavy atom. The van der Waals surface area contributed by atoms with Crippen molar-refractivity contribution in [3.05, 3.63) is 35.9 Å². The third kappa shape index (κ3) is 2.36. The predicted octanol–water partition coefficient (Wildman–Crippen LogP) is 1.28. The molecule has 0 aromatic heterocycles. The Hall–Kier alpha value is -1.35. The molecule has 0 aliphatic heterocycles. The van der Waals surface area contributed by atoms with Crippen molar-refractivity contribution < 1.29 is 9.90 Å².